The average Bonchev–Trinajstić information content (AvgIpc) is 2.93. The molecule has 0 rings (SSSR count). The molecule has 0 atom stereocenters. The van der Waals surface area contributed by atoms with Crippen molar-refractivity contribution in [1.82, 2.24) is 0 Å². The van der Waals surface area contributed by atoms with Crippen molar-refractivity contribution in [3.63, 3.8) is 0 Å². The van der Waals surface area contributed by atoms with Gasteiger partial charge in [-0.3, -0.25) is 9.59 Å². The second kappa shape index (κ2) is 37.7. The van der Waals surface area contributed by atoms with Crippen LogP contribution < -0.4 is 0 Å². The number of carbonyl (C=O) groups is 2. The van der Waals surface area contributed by atoms with Gasteiger partial charge in [-0.1, -0.05) is 167 Å². The van der Waals surface area contributed by atoms with E-state index in [0.717, 1.165) is 25.7 Å². The van der Waals surface area contributed by atoms with E-state index in [0.29, 0.717) is 12.8 Å². The average molecular weight is 567 g/mol. The number of hydrogen-bond donors (Lipinski definition) is 2. The maximum Gasteiger partial charge on any atom is 0.303 e. The molecule has 0 amide bonds. The first kappa shape index (κ1) is 40.8. The van der Waals surface area contributed by atoms with Crippen LogP contribution in [0.4, 0.5) is 0 Å². The molecule has 0 saturated carbocycles. The third-order valence-electron chi connectivity index (χ3n) is 7.65. The van der Waals surface area contributed by atoms with Gasteiger partial charge in [0.1, 0.15) is 0 Å². The lowest BCUT2D eigenvalue weighted by atomic mass is 10.0. The lowest BCUT2D eigenvalue weighted by Crippen LogP contribution is -1.93. The van der Waals surface area contributed by atoms with Crippen molar-refractivity contribution < 1.29 is 19.8 Å². The molecule has 0 bridgehead atoms. The molecule has 0 saturated heterocycles. The summed E-state index contributed by atoms with van der Waals surface area (Å²) in [5.41, 5.74) is 0. The summed E-state index contributed by atoms with van der Waals surface area (Å²) in [6.07, 6.45) is 41.4. The summed E-state index contributed by atoms with van der Waals surface area (Å²) in [6.45, 7) is 4.53. The molecular formula is C36H70O4. The Morgan fingerprint density at radius 2 is 0.600 bits per heavy atom. The van der Waals surface area contributed by atoms with E-state index in [9.17, 15) is 9.59 Å². The highest BCUT2D eigenvalue weighted by Crippen LogP contribution is 2.14. The molecule has 0 unspecified atom stereocenters. The lowest BCUT2D eigenvalue weighted by Gasteiger charge is -2.03. The minimum absolute atomic E-state index is 0.332. The van der Waals surface area contributed by atoms with Gasteiger partial charge in [-0.25, -0.2) is 0 Å². The van der Waals surface area contributed by atoms with Crippen LogP contribution in [0.25, 0.3) is 0 Å². The van der Waals surface area contributed by atoms with Crippen LogP contribution in [0.2, 0.25) is 0 Å². The Balaban J connectivity index is 0. The normalized spacial score (nSPS) is 11.1. The van der Waals surface area contributed by atoms with E-state index in [4.69, 9.17) is 10.2 Å². The highest BCUT2D eigenvalue weighted by Gasteiger charge is 1.98. The Morgan fingerprint density at radius 1 is 0.375 bits per heavy atom. The molecule has 40 heavy (non-hydrogen) atoms. The summed E-state index contributed by atoms with van der Waals surface area (Å²) in [5, 5.41) is 17.0. The van der Waals surface area contributed by atoms with E-state index in [1.54, 1.807) is 0 Å². The first-order chi connectivity index (χ1) is 19.5. The predicted octanol–water partition coefficient (Wildman–Crippen LogP) is 12.4. The van der Waals surface area contributed by atoms with Gasteiger partial charge < -0.3 is 10.2 Å². The van der Waals surface area contributed by atoms with Crippen molar-refractivity contribution >= 4 is 11.9 Å². The van der Waals surface area contributed by atoms with Crippen LogP contribution in [0.1, 0.15) is 206 Å². The number of hydrogen-bond acceptors (Lipinski definition) is 2. The zero-order chi connectivity index (χ0) is 29.8. The van der Waals surface area contributed by atoms with Crippen LogP contribution in [0, 0.1) is 0 Å². The topological polar surface area (TPSA) is 74.6 Å². The van der Waals surface area contributed by atoms with Gasteiger partial charge in [0.2, 0.25) is 0 Å². The fourth-order valence-electron chi connectivity index (χ4n) is 4.99. The van der Waals surface area contributed by atoms with Crippen LogP contribution >= 0.6 is 0 Å². The van der Waals surface area contributed by atoms with Crippen molar-refractivity contribution in [3.05, 3.63) is 12.2 Å². The molecule has 4 nitrogen and oxygen atoms in total. The smallest absolute Gasteiger partial charge is 0.303 e. The Morgan fingerprint density at radius 3 is 0.850 bits per heavy atom. The van der Waals surface area contributed by atoms with Gasteiger partial charge in [0.25, 0.3) is 0 Å². The van der Waals surface area contributed by atoms with Gasteiger partial charge in [-0.2, -0.15) is 0 Å². The minimum atomic E-state index is -0.664. The third-order valence-corrected chi connectivity index (χ3v) is 7.65. The molecule has 238 valence electrons. The molecule has 0 spiro atoms. The molecule has 0 heterocycles. The summed E-state index contributed by atoms with van der Waals surface area (Å²) in [7, 11) is 0. The van der Waals surface area contributed by atoms with Crippen molar-refractivity contribution in [2.24, 2.45) is 0 Å². The molecule has 0 aromatic heterocycles. The second-order valence-electron chi connectivity index (χ2n) is 11.8. The predicted molar refractivity (Wildman–Crippen MR) is 174 cm³/mol. The highest BCUT2D eigenvalue weighted by atomic mass is 16.4. The van der Waals surface area contributed by atoms with Crippen LogP contribution in [-0.2, 0) is 9.59 Å². The monoisotopic (exact) mass is 567 g/mol. The Bertz CT molecular complexity index is 529. The van der Waals surface area contributed by atoms with E-state index in [1.807, 2.05) is 0 Å². The number of aliphatic carboxylic acids is 2. The quantitative estimate of drug-likeness (QED) is 0.0646. The third kappa shape index (κ3) is 43.7. The summed E-state index contributed by atoms with van der Waals surface area (Å²) in [5.74, 6) is -1.32. The highest BCUT2D eigenvalue weighted by molar-refractivity contribution is 5.66. The van der Waals surface area contributed by atoms with Gasteiger partial charge in [0.15, 0.2) is 0 Å². The first-order valence-electron chi connectivity index (χ1n) is 17.6. The van der Waals surface area contributed by atoms with Crippen molar-refractivity contribution in [3.8, 4) is 0 Å². The maximum absolute atomic E-state index is 10.3. The van der Waals surface area contributed by atoms with E-state index < -0.39 is 11.9 Å². The number of allylic oxidation sites excluding steroid dienone is 2. The molecule has 0 radical (unpaired) electrons. The summed E-state index contributed by atoms with van der Waals surface area (Å²) in [6, 6.07) is 0. The molecule has 0 aliphatic carbocycles. The lowest BCUT2D eigenvalue weighted by molar-refractivity contribution is -0.138. The Kier molecular flexibility index (Phi) is 38.5. The van der Waals surface area contributed by atoms with Gasteiger partial charge in [0.05, 0.1) is 0 Å². The fraction of sp³-hybridized carbons (Fsp3) is 0.889. The Hall–Kier alpha value is -1.32. The van der Waals surface area contributed by atoms with Gasteiger partial charge in [-0.05, 0) is 38.5 Å². The molecule has 0 fully saturated rings. The van der Waals surface area contributed by atoms with Crippen LogP contribution in [-0.4, -0.2) is 22.2 Å². The summed E-state index contributed by atoms with van der Waals surface area (Å²) in [4.78, 5) is 20.7. The van der Waals surface area contributed by atoms with Crippen LogP contribution in [0.3, 0.4) is 0 Å². The SMILES string of the molecule is CCCCCCCC/C=C/CCCCCCCC(=O)O.CCCCCCCCCCCCCCCCCC(=O)O. The molecule has 0 aromatic rings. The van der Waals surface area contributed by atoms with Gasteiger partial charge in [-0.15, -0.1) is 0 Å². The maximum atomic E-state index is 10.3. The standard InChI is InChI=1S/C18H36O2.C18H34O2/c2*1-2-3-4-5-6-7-8-9-10-11-12-13-14-15-16-17-18(19)20/h2-17H2,1H3,(H,19,20);9-10H,2-8,11-17H2,1H3,(H,19,20)/b;10-9+. The van der Waals surface area contributed by atoms with Gasteiger partial charge >= 0.3 is 11.9 Å². The first-order valence-corrected chi connectivity index (χ1v) is 17.6. The minimum Gasteiger partial charge on any atom is -0.481 e. The number of rotatable bonds is 31. The number of carboxylic acids is 2. The van der Waals surface area contributed by atoms with E-state index in [1.165, 1.54) is 154 Å². The second-order valence-corrected chi connectivity index (χ2v) is 11.8. The zero-order valence-electron chi connectivity index (χ0n) is 27.1. The van der Waals surface area contributed by atoms with Crippen LogP contribution in [0.5, 0.6) is 0 Å². The molecule has 0 aliphatic heterocycles. The van der Waals surface area contributed by atoms with Crippen molar-refractivity contribution in [2.75, 3.05) is 0 Å². The van der Waals surface area contributed by atoms with E-state index in [2.05, 4.69) is 26.0 Å². The van der Waals surface area contributed by atoms with E-state index in [-0.39, 0.29) is 0 Å². The number of carboxylic acid groups (broad SMARTS) is 2. The molecule has 2 N–H and O–H groups in total. The van der Waals surface area contributed by atoms with Crippen molar-refractivity contribution in [1.29, 1.82) is 0 Å². The van der Waals surface area contributed by atoms with Crippen molar-refractivity contribution in [2.45, 2.75) is 206 Å². The number of unbranched alkanes of at least 4 members (excludes halogenated alkanes) is 25. The largest absolute Gasteiger partial charge is 0.481 e. The van der Waals surface area contributed by atoms with Crippen LogP contribution in [0.15, 0.2) is 12.2 Å². The molecule has 4 heteroatoms. The Labute approximate surface area is 250 Å². The van der Waals surface area contributed by atoms with E-state index >= 15 is 0 Å². The molecule has 0 aliphatic rings. The fourth-order valence-corrected chi connectivity index (χ4v) is 4.99. The summed E-state index contributed by atoms with van der Waals surface area (Å²) < 4.78 is 0. The zero-order valence-corrected chi connectivity index (χ0v) is 27.1. The molecule has 0 aromatic carbocycles. The molecular weight excluding hydrogens is 496 g/mol. The van der Waals surface area contributed by atoms with Gasteiger partial charge in [0, 0.05) is 12.8 Å². The summed E-state index contributed by atoms with van der Waals surface area (Å²) >= 11 is 0.